The quantitative estimate of drug-likeness (QED) is 0.788. The van der Waals surface area contributed by atoms with Crippen molar-refractivity contribution in [2.24, 2.45) is 0 Å². The minimum absolute atomic E-state index is 0.0808. The molecule has 3 aromatic rings. The van der Waals surface area contributed by atoms with Gasteiger partial charge in [0.2, 0.25) is 0 Å². The van der Waals surface area contributed by atoms with Crippen molar-refractivity contribution >= 4 is 16.9 Å². The van der Waals surface area contributed by atoms with Gasteiger partial charge in [0, 0.05) is 24.6 Å². The largest absolute Gasteiger partial charge is 0.338 e. The number of amides is 1. The zero-order valence-electron chi connectivity index (χ0n) is 13.7. The highest BCUT2D eigenvalue weighted by atomic mass is 16.2. The van der Waals surface area contributed by atoms with Gasteiger partial charge in [0.25, 0.3) is 5.91 Å². The molecule has 0 saturated carbocycles. The van der Waals surface area contributed by atoms with E-state index < -0.39 is 0 Å². The van der Waals surface area contributed by atoms with Crippen LogP contribution in [0.3, 0.4) is 0 Å². The number of benzene rings is 2. The molecule has 0 radical (unpaired) electrons. The molecule has 1 aliphatic heterocycles. The van der Waals surface area contributed by atoms with E-state index in [4.69, 9.17) is 0 Å². The predicted molar refractivity (Wildman–Crippen MR) is 92.9 cm³/mol. The van der Waals surface area contributed by atoms with Gasteiger partial charge in [-0.2, -0.15) is 15.4 Å². The number of hydrogen-bond donors (Lipinski definition) is 1. The Morgan fingerprint density at radius 1 is 1.17 bits per heavy atom. The molecule has 1 N–H and O–H groups in total. The first-order valence-electron chi connectivity index (χ1n) is 8.37. The highest BCUT2D eigenvalue weighted by Gasteiger charge is 2.25. The molecule has 24 heavy (non-hydrogen) atoms. The number of likely N-dealkylation sites (tertiary alicyclic amines) is 1. The Balaban J connectivity index is 1.55. The van der Waals surface area contributed by atoms with Gasteiger partial charge in [-0.1, -0.05) is 29.8 Å². The molecular weight excluding hydrogens is 300 g/mol. The van der Waals surface area contributed by atoms with Gasteiger partial charge in [0.05, 0.1) is 0 Å². The van der Waals surface area contributed by atoms with Crippen LogP contribution in [0, 0.1) is 6.92 Å². The number of aromatic amines is 1. The van der Waals surface area contributed by atoms with Crippen molar-refractivity contribution in [1.82, 2.24) is 20.3 Å². The Hall–Kier alpha value is -2.69. The number of hydrogen-bond acceptors (Lipinski definition) is 3. The molecule has 1 saturated heterocycles. The number of nitrogens with one attached hydrogen (secondary N) is 1. The van der Waals surface area contributed by atoms with Crippen LogP contribution in [0.25, 0.3) is 11.0 Å². The van der Waals surface area contributed by atoms with Gasteiger partial charge in [0.1, 0.15) is 11.0 Å². The van der Waals surface area contributed by atoms with E-state index in [1.807, 2.05) is 23.1 Å². The third kappa shape index (κ3) is 2.77. The summed E-state index contributed by atoms with van der Waals surface area (Å²) in [6.07, 6.45) is 2.17. The lowest BCUT2D eigenvalue weighted by molar-refractivity contribution is 0.0707. The van der Waals surface area contributed by atoms with Crippen LogP contribution in [-0.4, -0.2) is 39.3 Å². The lowest BCUT2D eigenvalue weighted by Gasteiger charge is -2.33. The van der Waals surface area contributed by atoms with Crippen LogP contribution in [-0.2, 0) is 0 Å². The number of rotatable bonds is 2. The average molecular weight is 320 g/mol. The fraction of sp³-hybridized carbons (Fsp3) is 0.316. The Morgan fingerprint density at radius 2 is 2.04 bits per heavy atom. The van der Waals surface area contributed by atoms with Crippen LogP contribution in [0.15, 0.2) is 42.5 Å². The van der Waals surface area contributed by atoms with E-state index in [0.29, 0.717) is 11.5 Å². The molecule has 5 heteroatoms. The normalized spacial score (nSPS) is 18.0. The number of piperidine rings is 1. The maximum absolute atomic E-state index is 12.9. The van der Waals surface area contributed by atoms with E-state index in [2.05, 4.69) is 46.6 Å². The first-order chi connectivity index (χ1) is 11.7. The molecule has 0 spiro atoms. The van der Waals surface area contributed by atoms with Crippen molar-refractivity contribution in [2.45, 2.75) is 25.7 Å². The molecule has 1 aliphatic rings. The van der Waals surface area contributed by atoms with Crippen molar-refractivity contribution in [1.29, 1.82) is 0 Å². The van der Waals surface area contributed by atoms with Crippen LogP contribution >= 0.6 is 0 Å². The van der Waals surface area contributed by atoms with Gasteiger partial charge < -0.3 is 4.90 Å². The zero-order valence-corrected chi connectivity index (χ0v) is 13.7. The summed E-state index contributed by atoms with van der Waals surface area (Å²) in [7, 11) is 0. The molecule has 1 aromatic heterocycles. The highest BCUT2D eigenvalue weighted by molar-refractivity contribution is 5.97. The Bertz CT molecular complexity index is 886. The maximum atomic E-state index is 12.9. The number of aryl methyl sites for hydroxylation is 1. The number of aromatic nitrogens is 3. The molecule has 5 nitrogen and oxygen atoms in total. The van der Waals surface area contributed by atoms with Crippen molar-refractivity contribution in [3.05, 3.63) is 59.2 Å². The van der Waals surface area contributed by atoms with Gasteiger partial charge in [0.15, 0.2) is 0 Å². The van der Waals surface area contributed by atoms with Gasteiger partial charge in [-0.25, -0.2) is 0 Å². The summed E-state index contributed by atoms with van der Waals surface area (Å²) in [5.41, 5.74) is 4.80. The Morgan fingerprint density at radius 3 is 2.92 bits per heavy atom. The Kier molecular flexibility index (Phi) is 3.76. The van der Waals surface area contributed by atoms with Gasteiger partial charge in [-0.3, -0.25) is 4.79 Å². The monoisotopic (exact) mass is 320 g/mol. The van der Waals surface area contributed by atoms with Gasteiger partial charge >= 0.3 is 0 Å². The first kappa shape index (κ1) is 14.9. The highest BCUT2D eigenvalue weighted by Crippen LogP contribution is 2.28. The second kappa shape index (κ2) is 6.07. The summed E-state index contributed by atoms with van der Waals surface area (Å²) in [5.74, 6) is 0.496. The van der Waals surface area contributed by atoms with E-state index in [1.54, 1.807) is 0 Å². The second-order valence-corrected chi connectivity index (χ2v) is 6.53. The maximum Gasteiger partial charge on any atom is 0.253 e. The SMILES string of the molecule is Cc1cccc([C@H]2CCCN(C(=O)c3ccc4n[nH]nc4c3)C2)c1. The van der Waals surface area contributed by atoms with Crippen LogP contribution in [0.1, 0.15) is 40.2 Å². The van der Waals surface area contributed by atoms with Crippen LogP contribution < -0.4 is 0 Å². The Labute approximate surface area is 140 Å². The second-order valence-electron chi connectivity index (χ2n) is 6.53. The van der Waals surface area contributed by atoms with E-state index in [1.165, 1.54) is 11.1 Å². The van der Waals surface area contributed by atoms with Crippen molar-refractivity contribution in [3.63, 3.8) is 0 Å². The summed E-state index contributed by atoms with van der Waals surface area (Å²) in [6, 6.07) is 14.1. The predicted octanol–water partition coefficient (Wildman–Crippen LogP) is 3.29. The van der Waals surface area contributed by atoms with Crippen molar-refractivity contribution in [2.75, 3.05) is 13.1 Å². The van der Waals surface area contributed by atoms with E-state index in [0.717, 1.165) is 37.0 Å². The molecule has 1 fully saturated rings. The molecule has 1 amide bonds. The van der Waals surface area contributed by atoms with E-state index in [9.17, 15) is 4.79 Å². The summed E-state index contributed by atoms with van der Waals surface area (Å²) in [4.78, 5) is 14.8. The summed E-state index contributed by atoms with van der Waals surface area (Å²) >= 11 is 0. The third-order valence-electron chi connectivity index (χ3n) is 4.79. The molecule has 0 unspecified atom stereocenters. The fourth-order valence-electron chi connectivity index (χ4n) is 3.51. The fourth-order valence-corrected chi connectivity index (χ4v) is 3.51. The van der Waals surface area contributed by atoms with E-state index in [-0.39, 0.29) is 5.91 Å². The summed E-state index contributed by atoms with van der Waals surface area (Å²) < 4.78 is 0. The molecular formula is C19H20N4O. The summed E-state index contributed by atoms with van der Waals surface area (Å²) in [6.45, 7) is 3.71. The number of fused-ring (bicyclic) bond motifs is 1. The zero-order chi connectivity index (χ0) is 16.5. The average Bonchev–Trinajstić information content (AvgIpc) is 3.09. The van der Waals surface area contributed by atoms with Crippen LogP contribution in [0.2, 0.25) is 0 Å². The van der Waals surface area contributed by atoms with Gasteiger partial charge in [-0.15, -0.1) is 0 Å². The van der Waals surface area contributed by atoms with Crippen molar-refractivity contribution in [3.8, 4) is 0 Å². The first-order valence-corrected chi connectivity index (χ1v) is 8.37. The molecule has 4 rings (SSSR count). The van der Waals surface area contributed by atoms with Gasteiger partial charge in [-0.05, 0) is 43.5 Å². The smallest absolute Gasteiger partial charge is 0.253 e. The minimum atomic E-state index is 0.0808. The molecule has 2 heterocycles. The molecule has 122 valence electrons. The number of H-pyrrole nitrogens is 1. The van der Waals surface area contributed by atoms with Crippen molar-refractivity contribution < 1.29 is 4.79 Å². The topological polar surface area (TPSA) is 61.9 Å². The number of carbonyl (C=O) groups excluding carboxylic acids is 1. The minimum Gasteiger partial charge on any atom is -0.338 e. The van der Waals surface area contributed by atoms with E-state index >= 15 is 0 Å². The standard InChI is InChI=1S/C19H20N4O/c1-13-4-2-5-14(10-13)16-6-3-9-23(12-16)19(24)15-7-8-17-18(11-15)21-22-20-17/h2,4-5,7-8,10-11,16H,3,6,9,12H2,1H3,(H,20,21,22)/t16-/m0/s1. The number of carbonyl (C=O) groups is 1. The van der Waals surface area contributed by atoms with Crippen LogP contribution in [0.4, 0.5) is 0 Å². The lowest BCUT2D eigenvalue weighted by Crippen LogP contribution is -2.39. The van der Waals surface area contributed by atoms with Crippen LogP contribution in [0.5, 0.6) is 0 Å². The lowest BCUT2D eigenvalue weighted by atomic mass is 9.89. The molecule has 0 aliphatic carbocycles. The number of nitrogens with zero attached hydrogens (tertiary/aromatic N) is 3. The molecule has 0 bridgehead atoms. The molecule has 2 aromatic carbocycles. The molecule has 1 atom stereocenters. The third-order valence-corrected chi connectivity index (χ3v) is 4.79. The summed E-state index contributed by atoms with van der Waals surface area (Å²) in [5, 5.41) is 10.7.